The third-order valence-corrected chi connectivity index (χ3v) is 4.88. The second-order valence-electron chi connectivity index (χ2n) is 6.57. The Kier molecular flexibility index (Phi) is 4.31. The van der Waals surface area contributed by atoms with Gasteiger partial charge in [0.05, 0.1) is 17.9 Å². The summed E-state index contributed by atoms with van der Waals surface area (Å²) >= 11 is 0. The number of hydrogen-bond donors (Lipinski definition) is 0. The molecule has 3 heterocycles. The molecule has 138 valence electrons. The molecule has 2 aromatic heterocycles. The highest BCUT2D eigenvalue weighted by Crippen LogP contribution is 2.29. The first-order chi connectivity index (χ1) is 13.0. The van der Waals surface area contributed by atoms with Crippen LogP contribution in [0.15, 0.2) is 53.7 Å². The minimum absolute atomic E-state index is 0.0853. The number of aromatic nitrogens is 4. The monoisotopic (exact) mass is 366 g/mol. The van der Waals surface area contributed by atoms with Gasteiger partial charge in [-0.25, -0.2) is 19.0 Å². The van der Waals surface area contributed by atoms with Crippen LogP contribution < -0.4 is 15.4 Å². The van der Waals surface area contributed by atoms with E-state index in [-0.39, 0.29) is 17.4 Å². The highest BCUT2D eigenvalue weighted by molar-refractivity contribution is 5.64. The van der Waals surface area contributed by atoms with Crippen molar-refractivity contribution >= 4 is 11.5 Å². The van der Waals surface area contributed by atoms with Crippen molar-refractivity contribution in [2.24, 2.45) is 7.05 Å². The smallest absolute Gasteiger partial charge is 0.268 e. The van der Waals surface area contributed by atoms with E-state index in [9.17, 15) is 4.79 Å². The molecule has 0 radical (unpaired) electrons. The van der Waals surface area contributed by atoms with Crippen LogP contribution in [-0.2, 0) is 7.05 Å². The van der Waals surface area contributed by atoms with E-state index in [1.54, 1.807) is 19.3 Å². The highest BCUT2D eigenvalue weighted by atomic mass is 19.1. The first-order valence-corrected chi connectivity index (χ1v) is 8.61. The zero-order chi connectivity index (χ0) is 19.0. The van der Waals surface area contributed by atoms with Gasteiger partial charge >= 0.3 is 0 Å². The Morgan fingerprint density at radius 3 is 2.63 bits per heavy atom. The summed E-state index contributed by atoms with van der Waals surface area (Å²) in [6.45, 7) is 1.32. The van der Waals surface area contributed by atoms with Crippen molar-refractivity contribution in [3.8, 4) is 11.3 Å². The van der Waals surface area contributed by atoms with E-state index in [0.29, 0.717) is 24.3 Å². The standard InChI is InChI=1S/C19H19FN6O/c1-24(15-10-26(11-15)14-8-16(27)25(2)23-9-14)19-17(20)18(21-12-22-19)13-6-4-3-5-7-13/h3-9,12,15H,10-11H2,1-2H3. The molecule has 3 aromatic rings. The Morgan fingerprint density at radius 1 is 1.19 bits per heavy atom. The van der Waals surface area contributed by atoms with Gasteiger partial charge in [-0.3, -0.25) is 4.79 Å². The normalized spacial score (nSPS) is 14.1. The number of nitrogens with zero attached hydrogens (tertiary/aromatic N) is 6. The zero-order valence-electron chi connectivity index (χ0n) is 15.1. The topological polar surface area (TPSA) is 67.2 Å². The first kappa shape index (κ1) is 17.1. The van der Waals surface area contributed by atoms with E-state index in [2.05, 4.69) is 15.1 Å². The maximum absolute atomic E-state index is 15.0. The average Bonchev–Trinajstić information content (AvgIpc) is 2.64. The van der Waals surface area contributed by atoms with Crippen LogP contribution in [0.1, 0.15) is 0 Å². The van der Waals surface area contributed by atoms with Gasteiger partial charge in [-0.15, -0.1) is 0 Å². The fourth-order valence-corrected chi connectivity index (χ4v) is 3.12. The quantitative estimate of drug-likeness (QED) is 0.700. The Morgan fingerprint density at radius 2 is 1.93 bits per heavy atom. The lowest BCUT2D eigenvalue weighted by Crippen LogP contribution is -2.59. The molecule has 0 saturated carbocycles. The molecule has 7 nitrogen and oxygen atoms in total. The molecule has 1 saturated heterocycles. The number of likely N-dealkylation sites (N-methyl/N-ethyl adjacent to an activating group) is 1. The average molecular weight is 366 g/mol. The Balaban J connectivity index is 1.52. The van der Waals surface area contributed by atoms with Gasteiger partial charge in [0, 0.05) is 38.8 Å². The number of anilines is 2. The van der Waals surface area contributed by atoms with Gasteiger partial charge in [0.1, 0.15) is 12.0 Å². The van der Waals surface area contributed by atoms with Gasteiger partial charge in [0.25, 0.3) is 5.56 Å². The van der Waals surface area contributed by atoms with Crippen LogP contribution in [0, 0.1) is 5.82 Å². The molecule has 0 spiro atoms. The molecule has 1 aromatic carbocycles. The second kappa shape index (κ2) is 6.79. The van der Waals surface area contributed by atoms with Crippen molar-refractivity contribution in [2.45, 2.75) is 6.04 Å². The van der Waals surface area contributed by atoms with Crippen LogP contribution in [0.5, 0.6) is 0 Å². The lowest BCUT2D eigenvalue weighted by Gasteiger charge is -2.45. The fraction of sp³-hybridized carbons (Fsp3) is 0.263. The van der Waals surface area contributed by atoms with Gasteiger partial charge in [-0.05, 0) is 0 Å². The summed E-state index contributed by atoms with van der Waals surface area (Å²) in [6.07, 6.45) is 3.05. The molecule has 0 N–H and O–H groups in total. The Hall–Kier alpha value is -3.29. The number of aryl methyl sites for hydroxylation is 1. The molecular weight excluding hydrogens is 347 g/mol. The number of hydrogen-bond acceptors (Lipinski definition) is 6. The molecule has 4 rings (SSSR count). The second-order valence-corrected chi connectivity index (χ2v) is 6.57. The SMILES string of the molecule is CN(c1ncnc(-c2ccccc2)c1F)C1CN(c2cnn(C)c(=O)c2)C1. The highest BCUT2D eigenvalue weighted by Gasteiger charge is 2.33. The molecule has 1 aliphatic heterocycles. The molecule has 1 aliphatic rings. The molecule has 0 unspecified atom stereocenters. The molecule has 0 bridgehead atoms. The van der Waals surface area contributed by atoms with Crippen LogP contribution in [-0.4, -0.2) is 45.9 Å². The molecular formula is C19H19FN6O. The number of rotatable bonds is 4. The molecule has 0 amide bonds. The minimum atomic E-state index is -0.431. The third kappa shape index (κ3) is 3.14. The van der Waals surface area contributed by atoms with E-state index in [0.717, 1.165) is 5.69 Å². The summed E-state index contributed by atoms with van der Waals surface area (Å²) in [4.78, 5) is 23.9. The first-order valence-electron chi connectivity index (χ1n) is 8.61. The lowest BCUT2D eigenvalue weighted by atomic mass is 10.1. The van der Waals surface area contributed by atoms with Crippen LogP contribution in [0.3, 0.4) is 0 Å². The largest absolute Gasteiger partial charge is 0.366 e. The van der Waals surface area contributed by atoms with Crippen LogP contribution in [0.4, 0.5) is 15.9 Å². The number of benzene rings is 1. The maximum Gasteiger partial charge on any atom is 0.268 e. The summed E-state index contributed by atoms with van der Waals surface area (Å²) in [6, 6.07) is 10.9. The van der Waals surface area contributed by atoms with E-state index >= 15 is 4.39 Å². The van der Waals surface area contributed by atoms with Crippen LogP contribution in [0.2, 0.25) is 0 Å². The van der Waals surface area contributed by atoms with Gasteiger partial charge in [0.15, 0.2) is 11.6 Å². The van der Waals surface area contributed by atoms with E-state index in [4.69, 9.17) is 0 Å². The summed E-state index contributed by atoms with van der Waals surface area (Å²) in [5.41, 5.74) is 1.63. The van der Waals surface area contributed by atoms with E-state index in [1.165, 1.54) is 11.0 Å². The summed E-state index contributed by atoms with van der Waals surface area (Å²) < 4.78 is 16.3. The Labute approximate surface area is 155 Å². The van der Waals surface area contributed by atoms with Gasteiger partial charge in [-0.1, -0.05) is 30.3 Å². The summed E-state index contributed by atoms with van der Waals surface area (Å²) in [5.74, 6) is -0.157. The Bertz CT molecular complexity index is 1020. The summed E-state index contributed by atoms with van der Waals surface area (Å²) in [7, 11) is 3.44. The van der Waals surface area contributed by atoms with Crippen molar-refractivity contribution in [3.63, 3.8) is 0 Å². The van der Waals surface area contributed by atoms with Crippen molar-refractivity contribution in [3.05, 3.63) is 65.1 Å². The van der Waals surface area contributed by atoms with Gasteiger partial charge in [-0.2, -0.15) is 5.10 Å². The zero-order valence-corrected chi connectivity index (χ0v) is 15.1. The molecule has 1 fully saturated rings. The van der Waals surface area contributed by atoms with E-state index in [1.807, 2.05) is 47.2 Å². The minimum Gasteiger partial charge on any atom is -0.366 e. The predicted molar refractivity (Wildman–Crippen MR) is 101 cm³/mol. The van der Waals surface area contributed by atoms with Crippen molar-refractivity contribution in [1.29, 1.82) is 0 Å². The molecule has 0 atom stereocenters. The predicted octanol–water partition coefficient (Wildman–Crippen LogP) is 1.70. The summed E-state index contributed by atoms with van der Waals surface area (Å²) in [5, 5.41) is 4.04. The maximum atomic E-state index is 15.0. The van der Waals surface area contributed by atoms with Gasteiger partial charge < -0.3 is 9.80 Å². The molecule has 27 heavy (non-hydrogen) atoms. The van der Waals surface area contributed by atoms with Crippen LogP contribution in [0.25, 0.3) is 11.3 Å². The lowest BCUT2D eigenvalue weighted by molar-refractivity contribution is 0.482. The number of halogens is 1. The van der Waals surface area contributed by atoms with Crippen molar-refractivity contribution < 1.29 is 4.39 Å². The fourth-order valence-electron chi connectivity index (χ4n) is 3.12. The van der Waals surface area contributed by atoms with Gasteiger partial charge in [0.2, 0.25) is 0 Å². The van der Waals surface area contributed by atoms with Crippen molar-refractivity contribution in [1.82, 2.24) is 19.7 Å². The van der Waals surface area contributed by atoms with Crippen molar-refractivity contribution in [2.75, 3.05) is 29.9 Å². The van der Waals surface area contributed by atoms with E-state index < -0.39 is 5.82 Å². The third-order valence-electron chi connectivity index (χ3n) is 4.88. The molecule has 8 heteroatoms. The van der Waals surface area contributed by atoms with Crippen LogP contribution >= 0.6 is 0 Å². The molecule has 0 aliphatic carbocycles.